The SMILES string of the molecule is CCCCCN1C(=O)C(c2ccc(C)cc2C)=C(N2CCN(Cc3ccccc3)CC2)C1=O. The average molecular weight is 446 g/mol. The molecule has 2 aliphatic heterocycles. The Morgan fingerprint density at radius 3 is 2.24 bits per heavy atom. The van der Waals surface area contributed by atoms with Gasteiger partial charge in [0.2, 0.25) is 0 Å². The van der Waals surface area contributed by atoms with Gasteiger partial charge >= 0.3 is 0 Å². The fourth-order valence-corrected chi connectivity index (χ4v) is 4.89. The predicted molar refractivity (Wildman–Crippen MR) is 132 cm³/mol. The molecule has 0 bridgehead atoms. The zero-order valence-electron chi connectivity index (χ0n) is 20.1. The minimum atomic E-state index is -0.134. The fourth-order valence-electron chi connectivity index (χ4n) is 4.89. The Morgan fingerprint density at radius 2 is 1.58 bits per heavy atom. The molecule has 0 spiro atoms. The summed E-state index contributed by atoms with van der Waals surface area (Å²) in [5.41, 5.74) is 5.58. The van der Waals surface area contributed by atoms with Gasteiger partial charge in [0, 0.05) is 39.3 Å². The van der Waals surface area contributed by atoms with Crippen molar-refractivity contribution >= 4 is 17.4 Å². The van der Waals surface area contributed by atoms with Crippen LogP contribution in [0.25, 0.3) is 5.57 Å². The monoisotopic (exact) mass is 445 g/mol. The van der Waals surface area contributed by atoms with Gasteiger partial charge in [-0.3, -0.25) is 19.4 Å². The second-order valence-electron chi connectivity index (χ2n) is 9.26. The van der Waals surface area contributed by atoms with E-state index in [1.165, 1.54) is 10.5 Å². The van der Waals surface area contributed by atoms with Crippen LogP contribution >= 0.6 is 0 Å². The lowest BCUT2D eigenvalue weighted by Crippen LogP contribution is -2.47. The molecule has 0 atom stereocenters. The van der Waals surface area contributed by atoms with Gasteiger partial charge in [-0.2, -0.15) is 0 Å². The summed E-state index contributed by atoms with van der Waals surface area (Å²) in [6.07, 6.45) is 2.93. The van der Waals surface area contributed by atoms with Crippen molar-refractivity contribution in [2.45, 2.75) is 46.6 Å². The van der Waals surface area contributed by atoms with Gasteiger partial charge < -0.3 is 4.90 Å². The van der Waals surface area contributed by atoms with Crippen LogP contribution in [0.3, 0.4) is 0 Å². The fraction of sp³-hybridized carbons (Fsp3) is 0.429. The lowest BCUT2D eigenvalue weighted by molar-refractivity contribution is -0.137. The quantitative estimate of drug-likeness (QED) is 0.447. The minimum Gasteiger partial charge on any atom is -0.364 e. The number of hydrogen-bond acceptors (Lipinski definition) is 4. The van der Waals surface area contributed by atoms with E-state index in [1.807, 2.05) is 25.1 Å². The molecule has 0 radical (unpaired) electrons. The molecule has 2 aromatic carbocycles. The molecular weight excluding hydrogens is 410 g/mol. The van der Waals surface area contributed by atoms with Crippen LogP contribution in [0.1, 0.15) is 48.4 Å². The largest absolute Gasteiger partial charge is 0.364 e. The molecule has 0 aliphatic carbocycles. The maximum absolute atomic E-state index is 13.5. The van der Waals surface area contributed by atoms with Crippen molar-refractivity contribution in [2.75, 3.05) is 32.7 Å². The summed E-state index contributed by atoms with van der Waals surface area (Å²) in [6, 6.07) is 16.6. The molecule has 1 fully saturated rings. The van der Waals surface area contributed by atoms with Crippen molar-refractivity contribution in [2.24, 2.45) is 0 Å². The van der Waals surface area contributed by atoms with Crippen molar-refractivity contribution in [1.82, 2.24) is 14.7 Å². The first-order valence-electron chi connectivity index (χ1n) is 12.2. The summed E-state index contributed by atoms with van der Waals surface area (Å²) in [5.74, 6) is -0.257. The number of imide groups is 1. The molecule has 174 valence electrons. The summed E-state index contributed by atoms with van der Waals surface area (Å²) in [4.78, 5) is 33.1. The van der Waals surface area contributed by atoms with Gasteiger partial charge in [-0.15, -0.1) is 0 Å². The molecule has 2 heterocycles. The van der Waals surface area contributed by atoms with Gasteiger partial charge in [0.15, 0.2) is 0 Å². The van der Waals surface area contributed by atoms with E-state index in [-0.39, 0.29) is 11.8 Å². The van der Waals surface area contributed by atoms with E-state index in [9.17, 15) is 9.59 Å². The lowest BCUT2D eigenvalue weighted by Gasteiger charge is -2.36. The molecule has 0 aromatic heterocycles. The van der Waals surface area contributed by atoms with Crippen LogP contribution in [0.2, 0.25) is 0 Å². The Bertz CT molecular complexity index is 1040. The number of nitrogens with zero attached hydrogens (tertiary/aromatic N) is 3. The first kappa shape index (κ1) is 23.2. The van der Waals surface area contributed by atoms with Crippen LogP contribution in [-0.2, 0) is 16.1 Å². The highest BCUT2D eigenvalue weighted by Crippen LogP contribution is 2.34. The van der Waals surface area contributed by atoms with E-state index in [0.29, 0.717) is 17.8 Å². The summed E-state index contributed by atoms with van der Waals surface area (Å²) in [7, 11) is 0. The van der Waals surface area contributed by atoms with Gasteiger partial charge in [0.25, 0.3) is 11.8 Å². The maximum atomic E-state index is 13.5. The highest BCUT2D eigenvalue weighted by atomic mass is 16.2. The van der Waals surface area contributed by atoms with E-state index < -0.39 is 0 Å². The van der Waals surface area contributed by atoms with Crippen molar-refractivity contribution < 1.29 is 9.59 Å². The summed E-state index contributed by atoms with van der Waals surface area (Å²) >= 11 is 0. The highest BCUT2D eigenvalue weighted by molar-refractivity contribution is 6.35. The van der Waals surface area contributed by atoms with E-state index in [4.69, 9.17) is 0 Å². The number of unbranched alkanes of at least 4 members (excludes halogenated alkanes) is 2. The van der Waals surface area contributed by atoms with Crippen LogP contribution in [0.5, 0.6) is 0 Å². The molecule has 4 rings (SSSR count). The second kappa shape index (κ2) is 10.3. The average Bonchev–Trinajstić information content (AvgIpc) is 3.05. The molecule has 2 aromatic rings. The number of piperazine rings is 1. The normalized spacial score (nSPS) is 17.4. The van der Waals surface area contributed by atoms with Gasteiger partial charge in [0.1, 0.15) is 5.70 Å². The highest BCUT2D eigenvalue weighted by Gasteiger charge is 2.42. The summed E-state index contributed by atoms with van der Waals surface area (Å²) in [6.45, 7) is 10.9. The number of carbonyl (C=O) groups excluding carboxylic acids is 2. The van der Waals surface area contributed by atoms with Gasteiger partial charge in [-0.1, -0.05) is 73.9 Å². The topological polar surface area (TPSA) is 43.9 Å². The van der Waals surface area contributed by atoms with Crippen molar-refractivity contribution in [3.8, 4) is 0 Å². The smallest absolute Gasteiger partial charge is 0.277 e. The molecule has 33 heavy (non-hydrogen) atoms. The Morgan fingerprint density at radius 1 is 0.848 bits per heavy atom. The molecule has 0 unspecified atom stereocenters. The van der Waals surface area contributed by atoms with E-state index in [0.717, 1.165) is 68.7 Å². The molecule has 2 amide bonds. The lowest BCUT2D eigenvalue weighted by atomic mass is 9.97. The first-order valence-corrected chi connectivity index (χ1v) is 12.2. The molecule has 0 N–H and O–H groups in total. The van der Waals surface area contributed by atoms with Crippen LogP contribution in [0.4, 0.5) is 0 Å². The van der Waals surface area contributed by atoms with Gasteiger partial charge in [0.05, 0.1) is 5.57 Å². The number of carbonyl (C=O) groups is 2. The standard InChI is InChI=1S/C28H35N3O2/c1-4-5-9-14-31-27(32)25(24-13-12-21(2)19-22(24)3)26(28(31)33)30-17-15-29(16-18-30)20-23-10-7-6-8-11-23/h6-8,10-13,19H,4-5,9,14-18,20H2,1-3H3. The second-order valence-corrected chi connectivity index (χ2v) is 9.26. The molecule has 2 aliphatic rings. The zero-order chi connectivity index (χ0) is 23.4. The molecule has 5 heteroatoms. The van der Waals surface area contributed by atoms with Crippen molar-refractivity contribution in [3.63, 3.8) is 0 Å². The molecular formula is C28H35N3O2. The van der Waals surface area contributed by atoms with Gasteiger partial charge in [-0.25, -0.2) is 0 Å². The predicted octanol–water partition coefficient (Wildman–Crippen LogP) is 4.39. The Hall–Kier alpha value is -2.92. The third-order valence-corrected chi connectivity index (χ3v) is 6.72. The third kappa shape index (κ3) is 5.03. The van der Waals surface area contributed by atoms with Crippen molar-refractivity contribution in [1.29, 1.82) is 0 Å². The van der Waals surface area contributed by atoms with E-state index in [2.05, 4.69) is 54.0 Å². The summed E-state index contributed by atoms with van der Waals surface area (Å²) in [5, 5.41) is 0. The Kier molecular flexibility index (Phi) is 7.29. The number of rotatable bonds is 8. The zero-order valence-corrected chi connectivity index (χ0v) is 20.1. The van der Waals surface area contributed by atoms with E-state index in [1.54, 1.807) is 0 Å². The van der Waals surface area contributed by atoms with Crippen LogP contribution in [0, 0.1) is 13.8 Å². The Balaban J connectivity index is 1.58. The van der Waals surface area contributed by atoms with Crippen LogP contribution < -0.4 is 0 Å². The maximum Gasteiger partial charge on any atom is 0.277 e. The number of amides is 2. The third-order valence-electron chi connectivity index (χ3n) is 6.72. The number of hydrogen-bond donors (Lipinski definition) is 0. The van der Waals surface area contributed by atoms with Crippen molar-refractivity contribution in [3.05, 3.63) is 76.5 Å². The Labute approximate surface area is 197 Å². The van der Waals surface area contributed by atoms with E-state index >= 15 is 0 Å². The number of benzene rings is 2. The number of aryl methyl sites for hydroxylation is 2. The molecule has 5 nitrogen and oxygen atoms in total. The van der Waals surface area contributed by atoms with Crippen LogP contribution in [0.15, 0.2) is 54.2 Å². The molecule has 1 saturated heterocycles. The van der Waals surface area contributed by atoms with Gasteiger partial charge in [-0.05, 0) is 37.0 Å². The summed E-state index contributed by atoms with van der Waals surface area (Å²) < 4.78 is 0. The van der Waals surface area contributed by atoms with Crippen LogP contribution in [-0.4, -0.2) is 59.2 Å². The minimum absolute atomic E-state index is 0.123. The first-order chi connectivity index (χ1) is 16.0. The molecule has 0 saturated carbocycles.